The molecule has 0 spiro atoms. The zero-order valence-corrected chi connectivity index (χ0v) is 8.70. The Bertz CT molecular complexity index is 327. The van der Waals surface area contributed by atoms with Crippen LogP contribution in [0.2, 0.25) is 0 Å². The molecule has 0 aliphatic carbocycles. The van der Waals surface area contributed by atoms with Crippen molar-refractivity contribution in [2.45, 2.75) is 18.9 Å². The first kappa shape index (κ1) is 7.94. The van der Waals surface area contributed by atoms with Crippen LogP contribution in [-0.2, 0) is 0 Å². The van der Waals surface area contributed by atoms with E-state index in [0.29, 0.717) is 10.8 Å². The van der Waals surface area contributed by atoms with Gasteiger partial charge in [0.15, 0.2) is 0 Å². The summed E-state index contributed by atoms with van der Waals surface area (Å²) < 4.78 is 5.37. The molecule has 2 fully saturated rings. The summed E-state index contributed by atoms with van der Waals surface area (Å²) in [6.07, 6.45) is 2.53. The molecule has 0 saturated carbocycles. The molecule has 3 rings (SSSR count). The van der Waals surface area contributed by atoms with E-state index in [1.807, 2.05) is 0 Å². The number of rotatable bonds is 1. The summed E-state index contributed by atoms with van der Waals surface area (Å²) in [5.74, 6) is 1.63. The summed E-state index contributed by atoms with van der Waals surface area (Å²) in [5.41, 5.74) is 0. The maximum absolute atomic E-state index is 5.37. The van der Waals surface area contributed by atoms with Crippen LogP contribution in [0.5, 0.6) is 0 Å². The minimum Gasteiger partial charge on any atom is -0.414 e. The molecule has 1 aromatic rings. The lowest BCUT2D eigenvalue weighted by atomic mass is 10.0. The lowest BCUT2D eigenvalue weighted by Crippen LogP contribution is -2.22. The second-order valence-electron chi connectivity index (χ2n) is 3.79. The van der Waals surface area contributed by atoms with Gasteiger partial charge in [-0.25, -0.2) is 0 Å². The molecule has 4 nitrogen and oxygen atoms in total. The molecule has 2 aliphatic heterocycles. The van der Waals surface area contributed by atoms with E-state index >= 15 is 0 Å². The highest BCUT2D eigenvalue weighted by atomic mass is 79.9. The van der Waals surface area contributed by atoms with Crippen LogP contribution in [0.1, 0.15) is 24.8 Å². The van der Waals surface area contributed by atoms with Crippen molar-refractivity contribution >= 4 is 15.9 Å². The van der Waals surface area contributed by atoms with Crippen LogP contribution >= 0.6 is 15.9 Å². The monoisotopic (exact) mass is 243 g/mol. The predicted octanol–water partition coefficient (Wildman–Crippen LogP) is 1.60. The molecule has 0 amide bonds. The molecule has 2 saturated heterocycles. The van der Waals surface area contributed by atoms with Crippen molar-refractivity contribution in [2.75, 3.05) is 13.1 Å². The highest BCUT2D eigenvalue weighted by Crippen LogP contribution is 2.41. The number of halogens is 1. The van der Waals surface area contributed by atoms with Crippen molar-refractivity contribution in [1.29, 1.82) is 0 Å². The van der Waals surface area contributed by atoms with E-state index in [4.69, 9.17) is 4.42 Å². The zero-order chi connectivity index (χ0) is 8.84. The van der Waals surface area contributed by atoms with E-state index in [2.05, 4.69) is 31.0 Å². The first-order valence-electron chi connectivity index (χ1n) is 4.56. The number of aromatic nitrogens is 2. The zero-order valence-electron chi connectivity index (χ0n) is 7.11. The molecule has 5 heteroatoms. The molecular weight excluding hydrogens is 234 g/mol. The predicted molar refractivity (Wildman–Crippen MR) is 49.0 cm³/mol. The molecule has 3 unspecified atom stereocenters. The summed E-state index contributed by atoms with van der Waals surface area (Å²) in [6.45, 7) is 2.40. The van der Waals surface area contributed by atoms with Gasteiger partial charge in [0.1, 0.15) is 0 Å². The minimum atomic E-state index is 0.387. The SMILES string of the molecule is Brc1nnc(C2CC3CCN2C3)o1. The molecule has 1 aromatic heterocycles. The van der Waals surface area contributed by atoms with E-state index in [1.54, 1.807) is 0 Å². The van der Waals surface area contributed by atoms with E-state index in [9.17, 15) is 0 Å². The highest BCUT2D eigenvalue weighted by molar-refractivity contribution is 9.10. The lowest BCUT2D eigenvalue weighted by molar-refractivity contribution is 0.223. The molecular formula is C8H10BrN3O. The number of hydrogen-bond donors (Lipinski definition) is 0. The van der Waals surface area contributed by atoms with Crippen molar-refractivity contribution in [1.82, 2.24) is 15.1 Å². The van der Waals surface area contributed by atoms with E-state index in [-0.39, 0.29) is 0 Å². The first-order valence-corrected chi connectivity index (χ1v) is 5.35. The van der Waals surface area contributed by atoms with E-state index < -0.39 is 0 Å². The van der Waals surface area contributed by atoms with Crippen LogP contribution in [0.3, 0.4) is 0 Å². The van der Waals surface area contributed by atoms with E-state index in [1.165, 1.54) is 25.9 Å². The Balaban J connectivity index is 1.87. The van der Waals surface area contributed by atoms with Crippen molar-refractivity contribution in [3.8, 4) is 0 Å². The molecule has 0 N–H and O–H groups in total. The van der Waals surface area contributed by atoms with E-state index in [0.717, 1.165) is 11.8 Å². The molecule has 0 aromatic carbocycles. The third kappa shape index (κ3) is 1.21. The molecule has 0 radical (unpaired) electrons. The van der Waals surface area contributed by atoms with Gasteiger partial charge in [0, 0.05) is 22.5 Å². The van der Waals surface area contributed by atoms with Gasteiger partial charge in [0.2, 0.25) is 5.89 Å². The quantitative estimate of drug-likeness (QED) is 0.752. The topological polar surface area (TPSA) is 42.2 Å². The number of piperidine rings is 1. The van der Waals surface area contributed by atoms with Crippen LogP contribution in [0.4, 0.5) is 0 Å². The van der Waals surface area contributed by atoms with Gasteiger partial charge in [-0.1, -0.05) is 0 Å². The summed E-state index contributed by atoms with van der Waals surface area (Å²) >= 11 is 3.17. The van der Waals surface area contributed by atoms with Gasteiger partial charge < -0.3 is 4.42 Å². The maximum Gasteiger partial charge on any atom is 0.284 e. The van der Waals surface area contributed by atoms with Gasteiger partial charge in [-0.2, -0.15) is 0 Å². The fourth-order valence-electron chi connectivity index (χ4n) is 2.41. The van der Waals surface area contributed by atoms with Gasteiger partial charge in [0.25, 0.3) is 4.80 Å². The second kappa shape index (κ2) is 2.78. The van der Waals surface area contributed by atoms with Crippen LogP contribution in [-0.4, -0.2) is 28.2 Å². The third-order valence-corrected chi connectivity index (χ3v) is 3.34. The molecule has 70 valence electrons. The Hall–Kier alpha value is -0.420. The fourth-order valence-corrected chi connectivity index (χ4v) is 2.66. The average molecular weight is 244 g/mol. The lowest BCUT2D eigenvalue weighted by Gasteiger charge is -2.20. The van der Waals surface area contributed by atoms with Crippen molar-refractivity contribution in [2.24, 2.45) is 5.92 Å². The number of hydrogen-bond acceptors (Lipinski definition) is 4. The number of fused-ring (bicyclic) bond motifs is 2. The summed E-state index contributed by atoms with van der Waals surface area (Å²) in [5, 5.41) is 7.83. The molecule has 2 aliphatic rings. The molecule has 3 heterocycles. The minimum absolute atomic E-state index is 0.387. The second-order valence-corrected chi connectivity index (χ2v) is 4.47. The molecule has 2 bridgehead atoms. The smallest absolute Gasteiger partial charge is 0.284 e. The normalized spacial score (nSPS) is 37.2. The van der Waals surface area contributed by atoms with Gasteiger partial charge in [-0.3, -0.25) is 4.90 Å². The van der Waals surface area contributed by atoms with Gasteiger partial charge in [-0.15, -0.1) is 10.2 Å². The summed E-state index contributed by atoms with van der Waals surface area (Å²) in [6, 6.07) is 0.387. The van der Waals surface area contributed by atoms with Gasteiger partial charge in [-0.05, 0) is 25.3 Å². The van der Waals surface area contributed by atoms with Crippen molar-refractivity contribution in [3.63, 3.8) is 0 Å². The van der Waals surface area contributed by atoms with Crippen LogP contribution < -0.4 is 0 Å². The Labute approximate surface area is 84.4 Å². The standard InChI is InChI=1S/C8H10BrN3O/c9-8-11-10-7(13-8)6-3-5-1-2-12(6)4-5/h5-6H,1-4H2. The van der Waals surface area contributed by atoms with Gasteiger partial charge in [0.05, 0.1) is 6.04 Å². The van der Waals surface area contributed by atoms with Crippen LogP contribution in [0.15, 0.2) is 9.22 Å². The Kier molecular flexibility index (Phi) is 1.70. The maximum atomic E-state index is 5.37. The van der Waals surface area contributed by atoms with Gasteiger partial charge >= 0.3 is 0 Å². The number of nitrogens with zero attached hydrogens (tertiary/aromatic N) is 3. The Morgan fingerprint density at radius 2 is 2.38 bits per heavy atom. The summed E-state index contributed by atoms with van der Waals surface area (Å²) in [7, 11) is 0. The fraction of sp³-hybridized carbons (Fsp3) is 0.750. The first-order chi connectivity index (χ1) is 6.33. The largest absolute Gasteiger partial charge is 0.414 e. The molecule has 13 heavy (non-hydrogen) atoms. The Morgan fingerprint density at radius 3 is 2.92 bits per heavy atom. The third-order valence-electron chi connectivity index (χ3n) is 3.02. The van der Waals surface area contributed by atoms with Crippen LogP contribution in [0, 0.1) is 5.92 Å². The van der Waals surface area contributed by atoms with Crippen molar-refractivity contribution < 1.29 is 4.42 Å². The Morgan fingerprint density at radius 1 is 1.46 bits per heavy atom. The average Bonchev–Trinajstić information content (AvgIpc) is 2.77. The van der Waals surface area contributed by atoms with Crippen molar-refractivity contribution in [3.05, 3.63) is 10.7 Å². The van der Waals surface area contributed by atoms with Crippen LogP contribution in [0.25, 0.3) is 0 Å². The summed E-state index contributed by atoms with van der Waals surface area (Å²) in [4.78, 5) is 2.93. The highest BCUT2D eigenvalue weighted by Gasteiger charge is 2.40. The molecule has 3 atom stereocenters.